The van der Waals surface area contributed by atoms with E-state index < -0.39 is 17.5 Å². The third-order valence-corrected chi connectivity index (χ3v) is 3.64. The molecule has 2 aliphatic carbocycles. The fourth-order valence-corrected chi connectivity index (χ4v) is 2.76. The molecule has 0 heterocycles. The van der Waals surface area contributed by atoms with Crippen LogP contribution in [0.1, 0.15) is 39.0 Å². The molecule has 96 valence electrons. The number of allylic oxidation sites excluding steroid dienone is 5. The predicted molar refractivity (Wildman–Crippen MR) is 66.2 cm³/mol. The number of carboxylic acid groups (broad SMARTS) is 2. The maximum absolute atomic E-state index is 11.0. The van der Waals surface area contributed by atoms with Gasteiger partial charge >= 0.3 is 11.9 Å². The Morgan fingerprint density at radius 1 is 1.06 bits per heavy atom. The Bertz CT molecular complexity index is 490. The quantitative estimate of drug-likeness (QED) is 0.447. The molecule has 0 bridgehead atoms. The Labute approximate surface area is 105 Å². The number of hydrogen-bond acceptors (Lipinski definition) is 2. The summed E-state index contributed by atoms with van der Waals surface area (Å²) in [6.45, 7) is 2.10. The molecule has 4 heteroatoms. The van der Waals surface area contributed by atoms with Crippen LogP contribution in [0.25, 0.3) is 0 Å². The van der Waals surface area contributed by atoms with Gasteiger partial charge in [-0.15, -0.1) is 0 Å². The Hall–Kier alpha value is -1.84. The van der Waals surface area contributed by atoms with E-state index in [1.807, 2.05) is 0 Å². The summed E-state index contributed by atoms with van der Waals surface area (Å²) >= 11 is 0. The van der Waals surface area contributed by atoms with Gasteiger partial charge in [0.2, 0.25) is 0 Å². The summed E-state index contributed by atoms with van der Waals surface area (Å²) < 4.78 is 0. The minimum atomic E-state index is -1.35. The van der Waals surface area contributed by atoms with E-state index in [1.54, 1.807) is 6.08 Å². The molecule has 18 heavy (non-hydrogen) atoms. The van der Waals surface area contributed by atoms with Gasteiger partial charge < -0.3 is 10.2 Å². The second-order valence-electron chi connectivity index (χ2n) is 4.79. The molecular formula is C14H16O4. The number of carboxylic acids is 2. The number of aliphatic carboxylic acids is 2. The summed E-state index contributed by atoms with van der Waals surface area (Å²) in [7, 11) is 0. The molecule has 0 unspecified atom stereocenters. The van der Waals surface area contributed by atoms with Crippen LogP contribution in [0, 0.1) is 0 Å². The lowest BCUT2D eigenvalue weighted by Crippen LogP contribution is -2.16. The molecule has 0 atom stereocenters. The van der Waals surface area contributed by atoms with E-state index in [-0.39, 0.29) is 0 Å². The zero-order valence-electron chi connectivity index (χ0n) is 10.3. The molecule has 2 N–H and O–H groups in total. The van der Waals surface area contributed by atoms with Crippen molar-refractivity contribution in [2.75, 3.05) is 0 Å². The normalized spacial score (nSPS) is 19.2. The van der Waals surface area contributed by atoms with Crippen LogP contribution in [-0.4, -0.2) is 22.2 Å². The first-order chi connectivity index (χ1) is 8.50. The second-order valence-corrected chi connectivity index (χ2v) is 4.79. The van der Waals surface area contributed by atoms with Gasteiger partial charge in [0.25, 0.3) is 0 Å². The van der Waals surface area contributed by atoms with E-state index in [0.717, 1.165) is 31.3 Å². The summed E-state index contributed by atoms with van der Waals surface area (Å²) in [5, 5.41) is 17.9. The average Bonchev–Trinajstić information content (AvgIpc) is 2.28. The Morgan fingerprint density at radius 2 is 1.72 bits per heavy atom. The predicted octanol–water partition coefficient (Wildman–Crippen LogP) is 2.67. The first-order valence-corrected chi connectivity index (χ1v) is 6.10. The zero-order valence-corrected chi connectivity index (χ0v) is 10.3. The lowest BCUT2D eigenvalue weighted by molar-refractivity contribution is -0.140. The summed E-state index contributed by atoms with van der Waals surface area (Å²) in [5.74, 6) is -2.70. The fourth-order valence-electron chi connectivity index (χ4n) is 2.76. The van der Waals surface area contributed by atoms with Crippen molar-refractivity contribution in [2.24, 2.45) is 0 Å². The van der Waals surface area contributed by atoms with E-state index in [2.05, 4.69) is 6.92 Å². The van der Waals surface area contributed by atoms with Crippen molar-refractivity contribution in [1.29, 1.82) is 0 Å². The van der Waals surface area contributed by atoms with Gasteiger partial charge in [-0.1, -0.05) is 11.6 Å². The first kappa shape index (κ1) is 12.6. The Balaban J connectivity index is 2.49. The molecule has 0 aromatic carbocycles. The molecule has 0 radical (unpaired) electrons. The van der Waals surface area contributed by atoms with Crippen molar-refractivity contribution < 1.29 is 19.8 Å². The standard InChI is InChI=1S/C14H16O4/c1-8-3-2-4-9-7-10(5-6-11(8)9)12(13(15)16)14(17)18/h7H,2-6H2,1H3,(H,15,16)(H,17,18). The first-order valence-electron chi connectivity index (χ1n) is 6.10. The Kier molecular flexibility index (Phi) is 3.36. The third kappa shape index (κ3) is 2.23. The second kappa shape index (κ2) is 4.80. The molecule has 0 fully saturated rings. The van der Waals surface area contributed by atoms with E-state index in [4.69, 9.17) is 10.2 Å². The number of fused-ring (bicyclic) bond motifs is 1. The van der Waals surface area contributed by atoms with Gasteiger partial charge in [0.05, 0.1) is 0 Å². The molecule has 2 rings (SSSR count). The highest BCUT2D eigenvalue weighted by Crippen LogP contribution is 2.38. The molecule has 2 aliphatic rings. The van der Waals surface area contributed by atoms with Crippen molar-refractivity contribution in [3.63, 3.8) is 0 Å². The Morgan fingerprint density at radius 3 is 2.33 bits per heavy atom. The van der Waals surface area contributed by atoms with Gasteiger partial charge in [-0.25, -0.2) is 9.59 Å². The largest absolute Gasteiger partial charge is 0.477 e. The van der Waals surface area contributed by atoms with E-state index in [1.165, 1.54) is 11.1 Å². The van der Waals surface area contributed by atoms with Crippen LogP contribution >= 0.6 is 0 Å². The molecular weight excluding hydrogens is 232 g/mol. The lowest BCUT2D eigenvalue weighted by Gasteiger charge is -2.26. The molecule has 0 saturated carbocycles. The number of rotatable bonds is 2. The molecule has 0 spiro atoms. The van der Waals surface area contributed by atoms with E-state index >= 15 is 0 Å². The van der Waals surface area contributed by atoms with Crippen LogP contribution in [-0.2, 0) is 9.59 Å². The van der Waals surface area contributed by atoms with E-state index in [0.29, 0.717) is 12.0 Å². The lowest BCUT2D eigenvalue weighted by atomic mass is 9.79. The van der Waals surface area contributed by atoms with Crippen molar-refractivity contribution in [1.82, 2.24) is 0 Å². The van der Waals surface area contributed by atoms with Gasteiger partial charge in [0, 0.05) is 0 Å². The maximum Gasteiger partial charge on any atom is 0.343 e. The highest BCUT2D eigenvalue weighted by Gasteiger charge is 2.25. The maximum atomic E-state index is 11.0. The number of hydrogen-bond donors (Lipinski definition) is 2. The highest BCUT2D eigenvalue weighted by atomic mass is 16.4. The van der Waals surface area contributed by atoms with Crippen LogP contribution in [0.3, 0.4) is 0 Å². The topological polar surface area (TPSA) is 74.6 Å². The highest BCUT2D eigenvalue weighted by molar-refractivity contribution is 6.13. The van der Waals surface area contributed by atoms with Gasteiger partial charge in [-0.05, 0) is 55.7 Å². The smallest absolute Gasteiger partial charge is 0.343 e. The van der Waals surface area contributed by atoms with E-state index in [9.17, 15) is 9.59 Å². The van der Waals surface area contributed by atoms with Crippen LogP contribution in [0.4, 0.5) is 0 Å². The minimum Gasteiger partial charge on any atom is -0.477 e. The van der Waals surface area contributed by atoms with Gasteiger partial charge in [-0.3, -0.25) is 0 Å². The van der Waals surface area contributed by atoms with Crippen molar-refractivity contribution >= 4 is 11.9 Å². The molecule has 0 aliphatic heterocycles. The molecule has 0 saturated heterocycles. The van der Waals surface area contributed by atoms with Crippen LogP contribution in [0.5, 0.6) is 0 Å². The molecule has 4 nitrogen and oxygen atoms in total. The van der Waals surface area contributed by atoms with Crippen LogP contribution < -0.4 is 0 Å². The third-order valence-electron chi connectivity index (χ3n) is 3.64. The SMILES string of the molecule is CC1=C2CCC(=C(C(=O)O)C(=O)O)C=C2CCC1. The van der Waals surface area contributed by atoms with Crippen molar-refractivity contribution in [3.8, 4) is 0 Å². The van der Waals surface area contributed by atoms with Crippen LogP contribution in [0.2, 0.25) is 0 Å². The van der Waals surface area contributed by atoms with Gasteiger partial charge in [0.1, 0.15) is 5.57 Å². The van der Waals surface area contributed by atoms with Crippen LogP contribution in [0.15, 0.2) is 33.9 Å². The summed E-state index contributed by atoms with van der Waals surface area (Å²) in [4.78, 5) is 22.0. The summed E-state index contributed by atoms with van der Waals surface area (Å²) in [5.41, 5.74) is 3.76. The summed E-state index contributed by atoms with van der Waals surface area (Å²) in [6.07, 6.45) is 6.11. The average molecular weight is 248 g/mol. The van der Waals surface area contributed by atoms with Gasteiger partial charge in [0.15, 0.2) is 0 Å². The van der Waals surface area contributed by atoms with Crippen molar-refractivity contribution in [3.05, 3.63) is 33.9 Å². The van der Waals surface area contributed by atoms with Gasteiger partial charge in [-0.2, -0.15) is 0 Å². The molecule has 0 aromatic rings. The summed E-state index contributed by atoms with van der Waals surface area (Å²) in [6, 6.07) is 0. The molecule has 0 aromatic heterocycles. The van der Waals surface area contributed by atoms with Crippen molar-refractivity contribution in [2.45, 2.75) is 39.0 Å². The zero-order chi connectivity index (χ0) is 13.3. The fraction of sp³-hybridized carbons (Fsp3) is 0.429. The monoisotopic (exact) mass is 248 g/mol. The molecule has 0 amide bonds. The minimum absolute atomic E-state index is 0.448. The number of carbonyl (C=O) groups is 2.